The first-order valence-corrected chi connectivity index (χ1v) is 11.3. The molecular formula is C28H28N2O2. The highest BCUT2D eigenvalue weighted by Crippen LogP contribution is 2.50. The Bertz CT molecular complexity index is 1170. The van der Waals surface area contributed by atoms with Crippen LogP contribution in [0.5, 0.6) is 5.75 Å². The van der Waals surface area contributed by atoms with Gasteiger partial charge in [0.2, 0.25) is 0 Å². The largest absolute Gasteiger partial charge is 0.494 e. The molecule has 0 saturated carbocycles. The zero-order chi connectivity index (χ0) is 22.1. The lowest BCUT2D eigenvalue weighted by Crippen LogP contribution is -2.29. The number of anilines is 2. The van der Waals surface area contributed by atoms with Crippen molar-refractivity contribution in [2.75, 3.05) is 17.2 Å². The highest BCUT2D eigenvalue weighted by molar-refractivity contribution is 6.04. The molecule has 1 amide bonds. The molecule has 0 spiro atoms. The van der Waals surface area contributed by atoms with Gasteiger partial charge in [-0.25, -0.2) is 0 Å². The first-order valence-electron chi connectivity index (χ1n) is 11.3. The van der Waals surface area contributed by atoms with Crippen LogP contribution >= 0.6 is 0 Å². The van der Waals surface area contributed by atoms with E-state index in [-0.39, 0.29) is 11.9 Å². The van der Waals surface area contributed by atoms with Crippen molar-refractivity contribution in [2.45, 2.75) is 32.2 Å². The quantitative estimate of drug-likeness (QED) is 0.461. The van der Waals surface area contributed by atoms with Crippen LogP contribution in [0.15, 0.2) is 78.9 Å². The van der Waals surface area contributed by atoms with Gasteiger partial charge in [0.15, 0.2) is 0 Å². The maximum absolute atomic E-state index is 12.7. The Labute approximate surface area is 189 Å². The van der Waals surface area contributed by atoms with Crippen molar-refractivity contribution in [3.05, 3.63) is 101 Å². The van der Waals surface area contributed by atoms with E-state index in [2.05, 4.69) is 59.2 Å². The number of carbonyl (C=O) groups excluding carboxylic acids is 1. The molecular weight excluding hydrogens is 396 g/mol. The Hall–Kier alpha value is -3.53. The van der Waals surface area contributed by atoms with E-state index in [1.807, 2.05) is 44.2 Å². The van der Waals surface area contributed by atoms with Crippen LogP contribution in [0.3, 0.4) is 0 Å². The lowest BCUT2D eigenvalue weighted by atomic mass is 9.77. The zero-order valence-electron chi connectivity index (χ0n) is 18.5. The normalized spacial score (nSPS) is 20.8. The van der Waals surface area contributed by atoms with Crippen LogP contribution in [0.25, 0.3) is 0 Å². The van der Waals surface area contributed by atoms with Gasteiger partial charge in [-0.1, -0.05) is 42.0 Å². The molecule has 0 fully saturated rings. The molecule has 2 aliphatic rings. The molecule has 3 atom stereocenters. The van der Waals surface area contributed by atoms with E-state index in [9.17, 15) is 4.79 Å². The molecule has 2 N–H and O–H groups in total. The van der Waals surface area contributed by atoms with E-state index >= 15 is 0 Å². The van der Waals surface area contributed by atoms with Crippen molar-refractivity contribution in [2.24, 2.45) is 5.92 Å². The van der Waals surface area contributed by atoms with Crippen LogP contribution in [0.1, 0.15) is 52.4 Å². The van der Waals surface area contributed by atoms with E-state index in [1.54, 1.807) is 0 Å². The Morgan fingerprint density at radius 3 is 2.72 bits per heavy atom. The number of carbonyl (C=O) groups is 1. The zero-order valence-corrected chi connectivity index (χ0v) is 18.5. The molecule has 3 aromatic rings. The molecule has 0 radical (unpaired) electrons. The number of amides is 1. The Kier molecular flexibility index (Phi) is 5.44. The van der Waals surface area contributed by atoms with Crippen LogP contribution < -0.4 is 15.4 Å². The predicted octanol–water partition coefficient (Wildman–Crippen LogP) is 6.47. The summed E-state index contributed by atoms with van der Waals surface area (Å²) >= 11 is 0. The third-order valence-corrected chi connectivity index (χ3v) is 6.45. The van der Waals surface area contributed by atoms with Gasteiger partial charge in [-0.15, -0.1) is 0 Å². The van der Waals surface area contributed by atoms with Crippen LogP contribution in [-0.2, 0) is 0 Å². The molecule has 1 aliphatic carbocycles. The Morgan fingerprint density at radius 2 is 1.94 bits per heavy atom. The summed E-state index contributed by atoms with van der Waals surface area (Å²) in [6.07, 6.45) is 5.64. The molecule has 0 bridgehead atoms. The number of aryl methyl sites for hydroxylation is 1. The molecule has 5 rings (SSSR count). The maximum atomic E-state index is 12.7. The van der Waals surface area contributed by atoms with Gasteiger partial charge in [-0.2, -0.15) is 0 Å². The summed E-state index contributed by atoms with van der Waals surface area (Å²) in [7, 11) is 0. The fourth-order valence-corrected chi connectivity index (χ4v) is 4.93. The number of hydrogen-bond donors (Lipinski definition) is 2. The summed E-state index contributed by atoms with van der Waals surface area (Å²) in [6.45, 7) is 4.67. The van der Waals surface area contributed by atoms with Crippen LogP contribution in [0, 0.1) is 12.8 Å². The Balaban J connectivity index is 1.40. The van der Waals surface area contributed by atoms with Gasteiger partial charge in [0.1, 0.15) is 5.75 Å². The van der Waals surface area contributed by atoms with Crippen molar-refractivity contribution in [1.29, 1.82) is 0 Å². The summed E-state index contributed by atoms with van der Waals surface area (Å²) in [6, 6.07) is 22.5. The van der Waals surface area contributed by atoms with Gasteiger partial charge in [0.05, 0.1) is 12.6 Å². The summed E-state index contributed by atoms with van der Waals surface area (Å²) in [4.78, 5) is 12.7. The minimum atomic E-state index is -0.0804. The highest BCUT2D eigenvalue weighted by Gasteiger charge is 2.38. The second-order valence-corrected chi connectivity index (χ2v) is 8.60. The maximum Gasteiger partial charge on any atom is 0.255 e. The standard InChI is InChI=1S/C28H28N2O2/c1-3-32-22-13-10-19(11-14-22)27-24-9-5-8-23(24)25-17-21(12-15-26(25)30-27)29-28(31)20-7-4-6-18(2)16-20/h4-8,10-17,23-24,27,30H,3,9H2,1-2H3,(H,29,31). The minimum absolute atomic E-state index is 0.0804. The van der Waals surface area contributed by atoms with Crippen LogP contribution in [0.2, 0.25) is 0 Å². The van der Waals surface area contributed by atoms with E-state index in [4.69, 9.17) is 4.74 Å². The average Bonchev–Trinajstić information content (AvgIpc) is 3.30. The third kappa shape index (κ3) is 3.89. The fraction of sp³-hybridized carbons (Fsp3) is 0.250. The van der Waals surface area contributed by atoms with E-state index in [0.717, 1.165) is 29.1 Å². The summed E-state index contributed by atoms with van der Waals surface area (Å²) < 4.78 is 5.61. The first-order chi connectivity index (χ1) is 15.6. The van der Waals surface area contributed by atoms with Crippen LogP contribution in [-0.4, -0.2) is 12.5 Å². The lowest BCUT2D eigenvalue weighted by molar-refractivity contribution is 0.102. The molecule has 32 heavy (non-hydrogen) atoms. The number of hydrogen-bond acceptors (Lipinski definition) is 3. The van der Waals surface area contributed by atoms with Gasteiger partial charge in [0.25, 0.3) is 5.91 Å². The monoisotopic (exact) mass is 424 g/mol. The van der Waals surface area contributed by atoms with Gasteiger partial charge >= 0.3 is 0 Å². The van der Waals surface area contributed by atoms with Gasteiger partial charge in [-0.3, -0.25) is 4.79 Å². The summed E-state index contributed by atoms with van der Waals surface area (Å²) in [5.41, 5.74) is 6.23. The van der Waals surface area contributed by atoms with Gasteiger partial charge < -0.3 is 15.4 Å². The van der Waals surface area contributed by atoms with Crippen LogP contribution in [0.4, 0.5) is 11.4 Å². The fourth-order valence-electron chi connectivity index (χ4n) is 4.93. The molecule has 0 aromatic heterocycles. The van der Waals surface area contributed by atoms with Crippen molar-refractivity contribution < 1.29 is 9.53 Å². The Morgan fingerprint density at radius 1 is 1.09 bits per heavy atom. The minimum Gasteiger partial charge on any atom is -0.494 e. The first kappa shape index (κ1) is 20.4. The predicted molar refractivity (Wildman–Crippen MR) is 130 cm³/mol. The number of fused-ring (bicyclic) bond motifs is 3. The topological polar surface area (TPSA) is 50.4 Å². The second kappa shape index (κ2) is 8.54. The van der Waals surface area contributed by atoms with Gasteiger partial charge in [0, 0.05) is 22.9 Å². The highest BCUT2D eigenvalue weighted by atomic mass is 16.5. The molecule has 1 heterocycles. The number of nitrogens with one attached hydrogen (secondary N) is 2. The van der Waals surface area contributed by atoms with E-state index in [1.165, 1.54) is 11.1 Å². The smallest absolute Gasteiger partial charge is 0.255 e. The molecule has 4 heteroatoms. The van der Waals surface area contributed by atoms with Crippen molar-refractivity contribution in [3.8, 4) is 5.75 Å². The molecule has 3 aromatic carbocycles. The summed E-state index contributed by atoms with van der Waals surface area (Å²) in [5.74, 6) is 1.60. The SMILES string of the molecule is CCOc1ccc(C2Nc3ccc(NC(=O)c4cccc(C)c4)cc3C3C=CCC32)cc1. The molecule has 0 saturated heterocycles. The third-order valence-electron chi connectivity index (χ3n) is 6.45. The van der Waals surface area contributed by atoms with E-state index < -0.39 is 0 Å². The number of rotatable bonds is 5. The van der Waals surface area contributed by atoms with Gasteiger partial charge in [-0.05, 0) is 79.8 Å². The van der Waals surface area contributed by atoms with Crippen molar-refractivity contribution in [3.63, 3.8) is 0 Å². The molecule has 1 aliphatic heterocycles. The number of ether oxygens (including phenoxy) is 1. The molecule has 3 unspecified atom stereocenters. The number of benzene rings is 3. The van der Waals surface area contributed by atoms with Crippen molar-refractivity contribution >= 4 is 17.3 Å². The van der Waals surface area contributed by atoms with E-state index in [0.29, 0.717) is 24.0 Å². The second-order valence-electron chi connectivity index (χ2n) is 8.60. The summed E-state index contributed by atoms with van der Waals surface area (Å²) in [5, 5.41) is 6.83. The lowest BCUT2D eigenvalue weighted by Gasteiger charge is -2.37. The van der Waals surface area contributed by atoms with Crippen molar-refractivity contribution in [1.82, 2.24) is 0 Å². The average molecular weight is 425 g/mol. The number of allylic oxidation sites excluding steroid dienone is 2. The molecule has 162 valence electrons. The molecule has 4 nitrogen and oxygen atoms in total.